The Bertz CT molecular complexity index is 1400. The monoisotopic (exact) mass is 495 g/mol. The summed E-state index contributed by atoms with van der Waals surface area (Å²) in [6.07, 6.45) is 0.613. The molecular weight excluding hydrogens is 470 g/mol. The molecule has 9 heteroatoms. The lowest BCUT2D eigenvalue weighted by Crippen LogP contribution is -2.29. The molecule has 0 fully saturated rings. The fourth-order valence-corrected chi connectivity index (χ4v) is 5.55. The van der Waals surface area contributed by atoms with Crippen molar-refractivity contribution in [2.45, 2.75) is 24.8 Å². The number of nitrogens with zero attached hydrogens (tertiary/aromatic N) is 1. The summed E-state index contributed by atoms with van der Waals surface area (Å²) in [6, 6.07) is 16.3. The number of para-hydroxylation sites is 1. The number of ketones is 1. The van der Waals surface area contributed by atoms with Crippen LogP contribution < -0.4 is 13.8 Å². The molecule has 0 saturated heterocycles. The van der Waals surface area contributed by atoms with Crippen LogP contribution in [0.1, 0.15) is 38.8 Å². The molecule has 0 aromatic heterocycles. The second-order valence-corrected chi connectivity index (χ2v) is 9.84. The first-order chi connectivity index (χ1) is 16.8. The van der Waals surface area contributed by atoms with Gasteiger partial charge in [0.15, 0.2) is 5.78 Å². The summed E-state index contributed by atoms with van der Waals surface area (Å²) in [5.74, 6) is -0.265. The number of hydrogen-bond acceptors (Lipinski definition) is 7. The van der Waals surface area contributed by atoms with Gasteiger partial charge in [-0.05, 0) is 61.4 Å². The van der Waals surface area contributed by atoms with Gasteiger partial charge in [-0.25, -0.2) is 13.2 Å². The normalized spacial score (nSPS) is 12.7. The lowest BCUT2D eigenvalue weighted by molar-refractivity contribution is 0.0466. The molecule has 0 N–H and O–H groups in total. The summed E-state index contributed by atoms with van der Waals surface area (Å²) in [5.41, 5.74) is 2.51. The van der Waals surface area contributed by atoms with Crippen LogP contribution in [0.4, 0.5) is 5.69 Å². The molecule has 0 amide bonds. The minimum absolute atomic E-state index is 0.0252. The molecule has 35 heavy (non-hydrogen) atoms. The second-order valence-electron chi connectivity index (χ2n) is 7.98. The number of esters is 1. The van der Waals surface area contributed by atoms with Crippen molar-refractivity contribution in [3.63, 3.8) is 0 Å². The smallest absolute Gasteiger partial charge is 0.342 e. The van der Waals surface area contributed by atoms with E-state index in [1.54, 1.807) is 30.3 Å². The first-order valence-electron chi connectivity index (χ1n) is 10.9. The number of anilines is 1. The highest BCUT2D eigenvalue weighted by molar-refractivity contribution is 7.92. The Labute approximate surface area is 204 Å². The van der Waals surface area contributed by atoms with E-state index in [-0.39, 0.29) is 28.6 Å². The summed E-state index contributed by atoms with van der Waals surface area (Å²) >= 11 is 0. The van der Waals surface area contributed by atoms with Gasteiger partial charge in [0.05, 0.1) is 24.8 Å². The van der Waals surface area contributed by atoms with Gasteiger partial charge in [0.2, 0.25) is 0 Å². The molecule has 8 nitrogen and oxygen atoms in total. The number of carbonyl (C=O) groups excluding carboxylic acids is 2. The van der Waals surface area contributed by atoms with Gasteiger partial charge in [-0.15, -0.1) is 0 Å². The van der Waals surface area contributed by atoms with E-state index >= 15 is 0 Å². The molecule has 0 atom stereocenters. The Balaban J connectivity index is 1.62. The third-order valence-electron chi connectivity index (χ3n) is 5.87. The molecule has 0 bridgehead atoms. The molecule has 4 rings (SSSR count). The third kappa shape index (κ3) is 4.72. The minimum atomic E-state index is -3.91. The van der Waals surface area contributed by atoms with E-state index in [0.29, 0.717) is 35.5 Å². The predicted molar refractivity (Wildman–Crippen MR) is 130 cm³/mol. The van der Waals surface area contributed by atoms with Crippen LogP contribution in [0.2, 0.25) is 0 Å². The number of ether oxygens (including phenoxy) is 3. The summed E-state index contributed by atoms with van der Waals surface area (Å²) in [6.45, 7) is 1.58. The van der Waals surface area contributed by atoms with Gasteiger partial charge in [-0.2, -0.15) is 0 Å². The van der Waals surface area contributed by atoms with Gasteiger partial charge < -0.3 is 14.2 Å². The van der Waals surface area contributed by atoms with Gasteiger partial charge in [0, 0.05) is 17.7 Å². The molecule has 0 unspecified atom stereocenters. The number of sulfonamides is 1. The molecule has 0 radical (unpaired) electrons. The summed E-state index contributed by atoms with van der Waals surface area (Å²) in [4.78, 5) is 24.7. The van der Waals surface area contributed by atoms with Crippen molar-refractivity contribution in [3.8, 4) is 11.5 Å². The maximum Gasteiger partial charge on any atom is 0.342 e. The van der Waals surface area contributed by atoms with Crippen LogP contribution in [0.5, 0.6) is 11.5 Å². The minimum Gasteiger partial charge on any atom is -0.496 e. The molecule has 3 aromatic rings. The van der Waals surface area contributed by atoms with Crippen LogP contribution in [0.25, 0.3) is 0 Å². The van der Waals surface area contributed by atoms with E-state index in [0.717, 1.165) is 5.56 Å². The Morgan fingerprint density at radius 2 is 1.66 bits per heavy atom. The van der Waals surface area contributed by atoms with E-state index in [1.165, 1.54) is 43.6 Å². The lowest BCUT2D eigenvalue weighted by Gasteiger charge is -2.20. The Hall–Kier alpha value is -3.85. The Morgan fingerprint density at radius 1 is 0.943 bits per heavy atom. The van der Waals surface area contributed by atoms with E-state index in [9.17, 15) is 18.0 Å². The molecular formula is C26H25NO7S. The molecule has 3 aromatic carbocycles. The van der Waals surface area contributed by atoms with Crippen LogP contribution >= 0.6 is 0 Å². The number of fused-ring (bicyclic) bond motifs is 1. The number of hydrogen-bond donors (Lipinski definition) is 0. The fourth-order valence-electron chi connectivity index (χ4n) is 4.02. The fraction of sp³-hybridized carbons (Fsp3) is 0.231. The largest absolute Gasteiger partial charge is 0.496 e. The number of carbonyl (C=O) groups is 2. The molecule has 0 aliphatic carbocycles. The maximum absolute atomic E-state index is 13.4. The summed E-state index contributed by atoms with van der Waals surface area (Å²) in [7, 11) is -1.05. The highest BCUT2D eigenvalue weighted by Gasteiger charge is 2.32. The van der Waals surface area contributed by atoms with Crippen molar-refractivity contribution < 1.29 is 32.2 Å². The van der Waals surface area contributed by atoms with E-state index < -0.39 is 16.0 Å². The number of rotatable bonds is 8. The zero-order valence-corrected chi connectivity index (χ0v) is 20.4. The van der Waals surface area contributed by atoms with Crippen LogP contribution in [0.3, 0.4) is 0 Å². The predicted octanol–water partition coefficient (Wildman–Crippen LogP) is 4.01. The van der Waals surface area contributed by atoms with Crippen molar-refractivity contribution in [1.82, 2.24) is 0 Å². The third-order valence-corrected chi connectivity index (χ3v) is 7.68. The average Bonchev–Trinajstić information content (AvgIpc) is 3.31. The van der Waals surface area contributed by atoms with Gasteiger partial charge in [0.1, 0.15) is 23.7 Å². The lowest BCUT2D eigenvalue weighted by atomic mass is 10.1. The zero-order valence-electron chi connectivity index (χ0n) is 19.6. The van der Waals surface area contributed by atoms with Gasteiger partial charge in [-0.3, -0.25) is 9.10 Å². The number of benzene rings is 3. The molecule has 0 saturated carbocycles. The van der Waals surface area contributed by atoms with Crippen molar-refractivity contribution in [3.05, 3.63) is 82.9 Å². The van der Waals surface area contributed by atoms with E-state index in [4.69, 9.17) is 14.2 Å². The average molecular weight is 496 g/mol. The zero-order chi connectivity index (χ0) is 25.2. The van der Waals surface area contributed by atoms with Crippen LogP contribution in [0, 0.1) is 0 Å². The topological polar surface area (TPSA) is 99.2 Å². The maximum atomic E-state index is 13.4. The summed E-state index contributed by atoms with van der Waals surface area (Å²) < 4.78 is 44.2. The van der Waals surface area contributed by atoms with Gasteiger partial charge >= 0.3 is 5.97 Å². The highest BCUT2D eigenvalue weighted by atomic mass is 32.2. The van der Waals surface area contributed by atoms with E-state index in [1.807, 2.05) is 12.1 Å². The first kappa shape index (κ1) is 24.3. The molecule has 1 heterocycles. The standard InChI is InChI=1S/C26H25NO7S/c1-17(28)19-8-10-24(32-2)20(14-19)16-34-26(29)22-15-21(9-11-25(22)33-3)35(30,31)27-13-12-18-6-4-5-7-23(18)27/h4-11,14-15H,12-13,16H2,1-3H3. The molecule has 1 aliphatic heterocycles. The Morgan fingerprint density at radius 3 is 2.37 bits per heavy atom. The van der Waals surface area contributed by atoms with Gasteiger partial charge in [0.25, 0.3) is 10.0 Å². The summed E-state index contributed by atoms with van der Waals surface area (Å²) in [5, 5.41) is 0. The van der Waals surface area contributed by atoms with Gasteiger partial charge in [-0.1, -0.05) is 18.2 Å². The first-order valence-corrected chi connectivity index (χ1v) is 12.3. The molecule has 182 valence electrons. The van der Waals surface area contributed by atoms with Crippen molar-refractivity contribution in [2.24, 2.45) is 0 Å². The number of methoxy groups -OCH3 is 2. The van der Waals surface area contributed by atoms with E-state index in [2.05, 4.69) is 0 Å². The molecule has 1 aliphatic rings. The molecule has 0 spiro atoms. The number of Topliss-reactive ketones (excluding diaryl/α,β-unsaturated/α-hetero) is 1. The van der Waals surface area contributed by atoms with Crippen molar-refractivity contribution >= 4 is 27.5 Å². The second kappa shape index (κ2) is 9.79. The quantitative estimate of drug-likeness (QED) is 0.344. The van der Waals surface area contributed by atoms with Crippen molar-refractivity contribution in [1.29, 1.82) is 0 Å². The van der Waals surface area contributed by atoms with Crippen LogP contribution in [0.15, 0.2) is 65.6 Å². The van der Waals surface area contributed by atoms with Crippen molar-refractivity contribution in [2.75, 3.05) is 25.1 Å². The van der Waals surface area contributed by atoms with Crippen LogP contribution in [-0.4, -0.2) is 40.9 Å². The van der Waals surface area contributed by atoms with Crippen LogP contribution in [-0.2, 0) is 27.8 Å². The SMILES string of the molecule is COc1ccc(C(C)=O)cc1COC(=O)c1cc(S(=O)(=O)N2CCc3ccccc32)ccc1OC. The Kier molecular flexibility index (Phi) is 6.79. The highest BCUT2D eigenvalue weighted by Crippen LogP contribution is 2.34.